The lowest BCUT2D eigenvalue weighted by Crippen LogP contribution is -2.21. The van der Waals surface area contributed by atoms with Gasteiger partial charge in [-0.25, -0.2) is 0 Å². The number of ether oxygens (including phenoxy) is 4. The number of ketones is 1. The Kier molecular flexibility index (Phi) is 21.0. The van der Waals surface area contributed by atoms with E-state index >= 15 is 0 Å². The predicted octanol–water partition coefficient (Wildman–Crippen LogP) is 4.13. The second kappa shape index (κ2) is 21.8. The molecule has 6 nitrogen and oxygen atoms in total. The maximum atomic E-state index is 11.5. The molecule has 29 heavy (non-hydrogen) atoms. The molecule has 0 aromatic heterocycles. The Balaban J connectivity index is 3.07. The molecular weight excluding hydrogens is 370 g/mol. The molecule has 6 heteroatoms. The van der Waals surface area contributed by atoms with Crippen molar-refractivity contribution in [1.82, 2.24) is 5.32 Å². The highest BCUT2D eigenvalue weighted by Crippen LogP contribution is 2.09. The van der Waals surface area contributed by atoms with Crippen LogP contribution in [-0.4, -0.2) is 65.1 Å². The van der Waals surface area contributed by atoms with Crippen LogP contribution in [0.25, 0.3) is 0 Å². The zero-order valence-electron chi connectivity index (χ0n) is 19.1. The summed E-state index contributed by atoms with van der Waals surface area (Å²) in [6, 6.07) is 0. The highest BCUT2D eigenvalue weighted by Gasteiger charge is 2.05. The van der Waals surface area contributed by atoms with Crippen LogP contribution in [0.4, 0.5) is 0 Å². The number of hydrogen-bond donors (Lipinski definition) is 1. The summed E-state index contributed by atoms with van der Waals surface area (Å²) in [5.74, 6) is 1.30. The zero-order chi connectivity index (χ0) is 21.6. The van der Waals surface area contributed by atoms with Crippen LogP contribution in [0.15, 0.2) is 12.3 Å². The van der Waals surface area contributed by atoms with Gasteiger partial charge in [-0.05, 0) is 26.3 Å². The van der Waals surface area contributed by atoms with Gasteiger partial charge in [-0.1, -0.05) is 46.1 Å². The number of unbranched alkanes of at least 4 members (excludes halogenated alkanes) is 5. The minimum atomic E-state index is 0.190. The third-order valence-corrected chi connectivity index (χ3v) is 4.41. The topological polar surface area (TPSA) is 66.0 Å². The minimum Gasteiger partial charge on any atom is -0.496 e. The molecule has 0 aliphatic heterocycles. The predicted molar refractivity (Wildman–Crippen MR) is 118 cm³/mol. The molecule has 0 aliphatic carbocycles. The van der Waals surface area contributed by atoms with Crippen molar-refractivity contribution in [2.75, 3.05) is 59.3 Å². The Labute approximate surface area is 178 Å². The summed E-state index contributed by atoms with van der Waals surface area (Å²) in [5, 5.41) is 3.40. The number of Topliss-reactive ketones (excluding diaryl/α,β-unsaturated/α-hetero) is 1. The molecule has 0 heterocycles. The second-order valence-electron chi connectivity index (χ2n) is 7.63. The molecule has 0 aliphatic rings. The van der Waals surface area contributed by atoms with Crippen LogP contribution in [0.3, 0.4) is 0 Å². The second-order valence-corrected chi connectivity index (χ2v) is 7.63. The molecule has 0 amide bonds. The van der Waals surface area contributed by atoms with E-state index < -0.39 is 0 Å². The summed E-state index contributed by atoms with van der Waals surface area (Å²) in [6.07, 6.45) is 7.93. The molecule has 1 N–H and O–H groups in total. The van der Waals surface area contributed by atoms with Gasteiger partial charge in [0, 0.05) is 18.9 Å². The quantitative estimate of drug-likeness (QED) is 0.200. The van der Waals surface area contributed by atoms with E-state index in [0.29, 0.717) is 57.8 Å². The fraction of sp³-hybridized carbons (Fsp3) is 0.870. The van der Waals surface area contributed by atoms with Crippen molar-refractivity contribution >= 4 is 5.78 Å². The van der Waals surface area contributed by atoms with E-state index in [1.807, 2.05) is 20.8 Å². The molecular formula is C23H45NO5. The SMILES string of the molecule is C=C(C)OCCOCCOCCOCCNCCCCCCCCC(=O)C(C)C. The van der Waals surface area contributed by atoms with Crippen LogP contribution >= 0.6 is 0 Å². The average Bonchev–Trinajstić information content (AvgIpc) is 2.68. The molecule has 0 saturated heterocycles. The van der Waals surface area contributed by atoms with Gasteiger partial charge in [0.15, 0.2) is 0 Å². The van der Waals surface area contributed by atoms with Gasteiger partial charge in [0.05, 0.1) is 45.4 Å². The minimum absolute atomic E-state index is 0.190. The Morgan fingerprint density at radius 1 is 0.759 bits per heavy atom. The molecule has 0 unspecified atom stereocenters. The van der Waals surface area contributed by atoms with E-state index in [4.69, 9.17) is 18.9 Å². The molecule has 0 aromatic rings. The van der Waals surface area contributed by atoms with Crippen LogP contribution in [-0.2, 0) is 23.7 Å². The lowest BCUT2D eigenvalue weighted by molar-refractivity contribution is -0.122. The van der Waals surface area contributed by atoms with Gasteiger partial charge in [0.1, 0.15) is 12.4 Å². The van der Waals surface area contributed by atoms with E-state index in [2.05, 4.69) is 11.9 Å². The van der Waals surface area contributed by atoms with Crippen LogP contribution in [0.1, 0.15) is 65.7 Å². The van der Waals surface area contributed by atoms with Gasteiger partial charge in [-0.2, -0.15) is 0 Å². The number of rotatable bonds is 23. The van der Waals surface area contributed by atoms with Gasteiger partial charge in [-0.3, -0.25) is 4.79 Å². The summed E-state index contributed by atoms with van der Waals surface area (Å²) in [4.78, 5) is 11.5. The molecule has 0 spiro atoms. The summed E-state index contributed by atoms with van der Waals surface area (Å²) in [6.45, 7) is 15.5. The van der Waals surface area contributed by atoms with Gasteiger partial charge in [0.25, 0.3) is 0 Å². The van der Waals surface area contributed by atoms with E-state index in [1.54, 1.807) is 0 Å². The van der Waals surface area contributed by atoms with E-state index in [-0.39, 0.29) is 5.92 Å². The standard InChI is InChI=1S/C23H45NO5/c1-21(2)23(25)11-9-7-5-6-8-10-12-24-13-14-26-15-16-27-17-18-28-19-20-29-22(3)4/h21,24H,3,5-20H2,1-2,4H3. The average molecular weight is 416 g/mol. The molecule has 0 fully saturated rings. The first kappa shape index (κ1) is 28.1. The maximum absolute atomic E-state index is 11.5. The van der Waals surface area contributed by atoms with Crippen molar-refractivity contribution in [1.29, 1.82) is 0 Å². The molecule has 0 rings (SSSR count). The lowest BCUT2D eigenvalue weighted by Gasteiger charge is -2.08. The van der Waals surface area contributed by atoms with Gasteiger partial charge < -0.3 is 24.3 Å². The van der Waals surface area contributed by atoms with Crippen LogP contribution in [0.2, 0.25) is 0 Å². The highest BCUT2D eigenvalue weighted by molar-refractivity contribution is 5.80. The largest absolute Gasteiger partial charge is 0.496 e. The van der Waals surface area contributed by atoms with Crippen LogP contribution < -0.4 is 5.32 Å². The summed E-state index contributed by atoms with van der Waals surface area (Å²) in [5.41, 5.74) is 0. The van der Waals surface area contributed by atoms with Crippen molar-refractivity contribution in [2.45, 2.75) is 65.7 Å². The smallest absolute Gasteiger partial charge is 0.135 e. The number of allylic oxidation sites excluding steroid dienone is 1. The highest BCUT2D eigenvalue weighted by atomic mass is 16.6. The number of nitrogens with one attached hydrogen (secondary N) is 1. The Morgan fingerprint density at radius 2 is 1.28 bits per heavy atom. The Bertz CT molecular complexity index is 387. The fourth-order valence-corrected chi connectivity index (χ4v) is 2.63. The van der Waals surface area contributed by atoms with Crippen molar-refractivity contribution in [3.63, 3.8) is 0 Å². The van der Waals surface area contributed by atoms with Crippen molar-refractivity contribution < 1.29 is 23.7 Å². The summed E-state index contributed by atoms with van der Waals surface area (Å²) in [7, 11) is 0. The number of carbonyl (C=O) groups excluding carboxylic acids is 1. The van der Waals surface area contributed by atoms with Crippen molar-refractivity contribution in [3.8, 4) is 0 Å². The first-order valence-corrected chi connectivity index (χ1v) is 11.3. The Morgan fingerprint density at radius 3 is 1.86 bits per heavy atom. The normalized spacial score (nSPS) is 11.2. The summed E-state index contributed by atoms with van der Waals surface area (Å²) < 4.78 is 21.5. The van der Waals surface area contributed by atoms with Crippen LogP contribution in [0, 0.1) is 5.92 Å². The van der Waals surface area contributed by atoms with E-state index in [9.17, 15) is 4.79 Å². The number of carbonyl (C=O) groups is 1. The monoisotopic (exact) mass is 415 g/mol. The van der Waals surface area contributed by atoms with Gasteiger partial charge >= 0.3 is 0 Å². The molecule has 0 saturated carbocycles. The van der Waals surface area contributed by atoms with Gasteiger partial charge in [-0.15, -0.1) is 0 Å². The van der Waals surface area contributed by atoms with Crippen molar-refractivity contribution in [2.24, 2.45) is 5.92 Å². The zero-order valence-corrected chi connectivity index (χ0v) is 19.1. The molecule has 0 radical (unpaired) electrons. The lowest BCUT2D eigenvalue weighted by atomic mass is 10.0. The van der Waals surface area contributed by atoms with Gasteiger partial charge in [0.2, 0.25) is 0 Å². The third-order valence-electron chi connectivity index (χ3n) is 4.41. The Hall–Kier alpha value is -0.950. The first-order valence-electron chi connectivity index (χ1n) is 11.3. The summed E-state index contributed by atoms with van der Waals surface area (Å²) >= 11 is 0. The maximum Gasteiger partial charge on any atom is 0.135 e. The van der Waals surface area contributed by atoms with E-state index in [0.717, 1.165) is 25.9 Å². The molecule has 172 valence electrons. The molecule has 0 bridgehead atoms. The van der Waals surface area contributed by atoms with Crippen LogP contribution in [0.5, 0.6) is 0 Å². The first-order chi connectivity index (χ1) is 14.0. The molecule has 0 aromatic carbocycles. The third kappa shape index (κ3) is 23.2. The fourth-order valence-electron chi connectivity index (χ4n) is 2.63. The molecule has 0 atom stereocenters. The van der Waals surface area contributed by atoms with E-state index in [1.165, 1.54) is 32.1 Å². The number of hydrogen-bond acceptors (Lipinski definition) is 6. The van der Waals surface area contributed by atoms with Crippen molar-refractivity contribution in [3.05, 3.63) is 12.3 Å².